The standard InChI is InChI=1S/C22H42N6O3.HI/c1-6-10-28(21(30)31-22(2,3)4)13-9-24-20(23-5)27-16-14-25(15-17-27)18-19(29)26-11-7-8-12-26;/h6-18H2,1-5H3,(H,23,24);1H. The number of ether oxygens (including phenoxy) is 1. The van der Waals surface area contributed by atoms with Crippen LogP contribution >= 0.6 is 24.0 Å². The van der Waals surface area contributed by atoms with Gasteiger partial charge < -0.3 is 24.8 Å². The summed E-state index contributed by atoms with van der Waals surface area (Å²) < 4.78 is 5.51. The summed E-state index contributed by atoms with van der Waals surface area (Å²) in [4.78, 5) is 37.4. The lowest BCUT2D eigenvalue weighted by Gasteiger charge is -2.37. The van der Waals surface area contributed by atoms with Crippen LogP contribution in [0.15, 0.2) is 4.99 Å². The van der Waals surface area contributed by atoms with Crippen molar-refractivity contribution >= 4 is 41.9 Å². The van der Waals surface area contributed by atoms with Gasteiger partial charge in [0.25, 0.3) is 0 Å². The number of halogens is 1. The number of likely N-dealkylation sites (tertiary alicyclic amines) is 1. The number of guanidine groups is 1. The second-order valence-electron chi connectivity index (χ2n) is 9.29. The predicted octanol–water partition coefficient (Wildman–Crippen LogP) is 2.07. The SMILES string of the molecule is CCCN(CCNC(=NC)N1CCN(CC(=O)N2CCCC2)CC1)C(=O)OC(C)(C)C.I. The second-order valence-corrected chi connectivity index (χ2v) is 9.29. The van der Waals surface area contributed by atoms with Crippen LogP contribution in [0.1, 0.15) is 47.0 Å². The number of rotatable bonds is 7. The van der Waals surface area contributed by atoms with Crippen molar-refractivity contribution in [3.05, 3.63) is 0 Å². The van der Waals surface area contributed by atoms with E-state index in [0.717, 1.165) is 64.5 Å². The summed E-state index contributed by atoms with van der Waals surface area (Å²) in [5.74, 6) is 1.10. The van der Waals surface area contributed by atoms with Crippen LogP contribution in [0.5, 0.6) is 0 Å². The third-order valence-corrected chi connectivity index (χ3v) is 5.51. The molecule has 0 atom stereocenters. The van der Waals surface area contributed by atoms with Gasteiger partial charge in [0, 0.05) is 66.0 Å². The highest BCUT2D eigenvalue weighted by Crippen LogP contribution is 2.11. The van der Waals surface area contributed by atoms with Crippen LogP contribution in [0.2, 0.25) is 0 Å². The van der Waals surface area contributed by atoms with E-state index in [2.05, 4.69) is 27.0 Å². The number of amides is 2. The molecule has 2 fully saturated rings. The Morgan fingerprint density at radius 3 is 2.16 bits per heavy atom. The van der Waals surface area contributed by atoms with E-state index < -0.39 is 5.60 Å². The Bertz CT molecular complexity index is 611. The van der Waals surface area contributed by atoms with Crippen molar-refractivity contribution in [2.24, 2.45) is 4.99 Å². The Hall–Kier alpha value is -1.30. The molecule has 2 amide bonds. The molecule has 10 heteroatoms. The number of nitrogens with one attached hydrogen (secondary N) is 1. The van der Waals surface area contributed by atoms with E-state index in [1.165, 1.54) is 0 Å². The van der Waals surface area contributed by atoms with Crippen LogP contribution in [-0.2, 0) is 9.53 Å². The average Bonchev–Trinajstić information content (AvgIpc) is 3.25. The van der Waals surface area contributed by atoms with E-state index in [1.54, 1.807) is 11.9 Å². The average molecular weight is 567 g/mol. The fourth-order valence-corrected chi connectivity index (χ4v) is 3.90. The lowest BCUT2D eigenvalue weighted by molar-refractivity contribution is -0.131. The zero-order valence-electron chi connectivity index (χ0n) is 20.6. The van der Waals surface area contributed by atoms with Gasteiger partial charge in [-0.3, -0.25) is 14.7 Å². The van der Waals surface area contributed by atoms with Crippen molar-refractivity contribution in [2.45, 2.75) is 52.6 Å². The van der Waals surface area contributed by atoms with E-state index in [4.69, 9.17) is 4.74 Å². The normalized spacial score (nSPS) is 17.7. The van der Waals surface area contributed by atoms with Gasteiger partial charge in [0.2, 0.25) is 5.91 Å². The lowest BCUT2D eigenvalue weighted by Crippen LogP contribution is -2.54. The maximum atomic E-state index is 12.4. The third kappa shape index (κ3) is 9.68. The van der Waals surface area contributed by atoms with E-state index in [-0.39, 0.29) is 36.0 Å². The molecule has 0 aromatic heterocycles. The quantitative estimate of drug-likeness (QED) is 0.289. The minimum absolute atomic E-state index is 0. The molecular formula is C22H43IN6O3. The van der Waals surface area contributed by atoms with Crippen LogP contribution in [-0.4, -0.2) is 116 Å². The summed E-state index contributed by atoms with van der Waals surface area (Å²) >= 11 is 0. The highest BCUT2D eigenvalue weighted by molar-refractivity contribution is 14.0. The minimum atomic E-state index is -0.498. The number of hydrogen-bond acceptors (Lipinski definition) is 5. The lowest BCUT2D eigenvalue weighted by atomic mass is 10.2. The van der Waals surface area contributed by atoms with E-state index in [1.807, 2.05) is 25.7 Å². The van der Waals surface area contributed by atoms with Gasteiger partial charge in [0.1, 0.15) is 5.60 Å². The summed E-state index contributed by atoms with van der Waals surface area (Å²) in [5.41, 5.74) is -0.498. The molecule has 0 bridgehead atoms. The molecule has 0 unspecified atom stereocenters. The maximum Gasteiger partial charge on any atom is 0.410 e. The van der Waals surface area contributed by atoms with Crippen LogP contribution < -0.4 is 5.32 Å². The summed E-state index contributed by atoms with van der Waals surface area (Å²) in [6.07, 6.45) is 2.87. The summed E-state index contributed by atoms with van der Waals surface area (Å²) in [6.45, 7) is 15.2. The number of piperazine rings is 1. The highest BCUT2D eigenvalue weighted by atomic mass is 127. The van der Waals surface area contributed by atoms with Crippen LogP contribution in [0, 0.1) is 0 Å². The third-order valence-electron chi connectivity index (χ3n) is 5.51. The van der Waals surface area contributed by atoms with Crippen molar-refractivity contribution in [3.8, 4) is 0 Å². The zero-order valence-corrected chi connectivity index (χ0v) is 22.9. The Kier molecular flexibility index (Phi) is 12.6. The molecule has 186 valence electrons. The van der Waals surface area contributed by atoms with Crippen molar-refractivity contribution in [2.75, 3.05) is 72.5 Å². The molecule has 2 aliphatic heterocycles. The molecule has 0 aromatic carbocycles. The van der Waals surface area contributed by atoms with Crippen LogP contribution in [0.3, 0.4) is 0 Å². The van der Waals surface area contributed by atoms with Gasteiger partial charge in [0.05, 0.1) is 6.54 Å². The van der Waals surface area contributed by atoms with Crippen molar-refractivity contribution in [1.82, 2.24) is 24.9 Å². The molecule has 0 saturated carbocycles. The molecule has 9 nitrogen and oxygen atoms in total. The fourth-order valence-electron chi connectivity index (χ4n) is 3.90. The van der Waals surface area contributed by atoms with Crippen molar-refractivity contribution in [1.29, 1.82) is 0 Å². The van der Waals surface area contributed by atoms with Crippen LogP contribution in [0.4, 0.5) is 4.79 Å². The molecule has 1 N–H and O–H groups in total. The first-order valence-electron chi connectivity index (χ1n) is 11.7. The van der Waals surface area contributed by atoms with Crippen molar-refractivity contribution in [3.63, 3.8) is 0 Å². The molecule has 2 rings (SSSR count). The Balaban J connectivity index is 0.00000512. The van der Waals surface area contributed by atoms with Crippen molar-refractivity contribution < 1.29 is 14.3 Å². The first-order valence-corrected chi connectivity index (χ1v) is 11.7. The molecule has 2 aliphatic rings. The Morgan fingerprint density at radius 2 is 1.62 bits per heavy atom. The molecule has 2 saturated heterocycles. The first kappa shape index (κ1) is 28.7. The van der Waals surface area contributed by atoms with Gasteiger partial charge >= 0.3 is 6.09 Å². The number of nitrogens with zero attached hydrogens (tertiary/aromatic N) is 5. The number of carbonyl (C=O) groups excluding carboxylic acids is 2. The topological polar surface area (TPSA) is 80.7 Å². The minimum Gasteiger partial charge on any atom is -0.444 e. The predicted molar refractivity (Wildman–Crippen MR) is 139 cm³/mol. The van der Waals surface area contributed by atoms with Gasteiger partial charge in [-0.05, 0) is 40.0 Å². The summed E-state index contributed by atoms with van der Waals surface area (Å²) in [6, 6.07) is 0. The Labute approximate surface area is 210 Å². The van der Waals surface area contributed by atoms with Crippen LogP contribution in [0.25, 0.3) is 0 Å². The molecule has 2 heterocycles. The molecule has 32 heavy (non-hydrogen) atoms. The van der Waals surface area contributed by atoms with Gasteiger partial charge in [-0.2, -0.15) is 0 Å². The van der Waals surface area contributed by atoms with Gasteiger partial charge in [-0.25, -0.2) is 4.79 Å². The molecule has 0 aromatic rings. The molecule has 0 spiro atoms. The monoisotopic (exact) mass is 566 g/mol. The first-order chi connectivity index (χ1) is 14.7. The molecule has 0 radical (unpaired) electrons. The van der Waals surface area contributed by atoms with Gasteiger partial charge in [-0.1, -0.05) is 6.92 Å². The Morgan fingerprint density at radius 1 is 1.00 bits per heavy atom. The largest absolute Gasteiger partial charge is 0.444 e. The summed E-state index contributed by atoms with van der Waals surface area (Å²) in [5, 5.41) is 3.38. The van der Waals surface area contributed by atoms with Gasteiger partial charge in [0.15, 0.2) is 5.96 Å². The zero-order chi connectivity index (χ0) is 22.9. The van der Waals surface area contributed by atoms with E-state index >= 15 is 0 Å². The molecular weight excluding hydrogens is 523 g/mol. The second kappa shape index (κ2) is 14.1. The van der Waals surface area contributed by atoms with Gasteiger partial charge in [-0.15, -0.1) is 24.0 Å². The number of aliphatic imine (C=N–C) groups is 1. The number of carbonyl (C=O) groups is 2. The highest BCUT2D eigenvalue weighted by Gasteiger charge is 2.25. The number of hydrogen-bond donors (Lipinski definition) is 1. The summed E-state index contributed by atoms with van der Waals surface area (Å²) in [7, 11) is 1.78. The fraction of sp³-hybridized carbons (Fsp3) is 0.864. The molecule has 0 aliphatic carbocycles. The smallest absolute Gasteiger partial charge is 0.410 e. The van der Waals surface area contributed by atoms with E-state index in [0.29, 0.717) is 26.2 Å². The maximum absolute atomic E-state index is 12.4. The van der Waals surface area contributed by atoms with E-state index in [9.17, 15) is 9.59 Å².